The van der Waals surface area contributed by atoms with Gasteiger partial charge in [0.1, 0.15) is 24.6 Å². The minimum atomic E-state index is -1.45. The normalized spacial score (nSPS) is 16.5. The summed E-state index contributed by atoms with van der Waals surface area (Å²) in [6.07, 6.45) is -3.71. The number of hydrogen-bond acceptors (Lipinski definition) is 6. The maximum atomic E-state index is 10.5. The van der Waals surface area contributed by atoms with Crippen LogP contribution in [0.1, 0.15) is 13.3 Å². The third-order valence-corrected chi connectivity index (χ3v) is 1.64. The zero-order valence-corrected chi connectivity index (χ0v) is 8.29. The highest BCUT2D eigenvalue weighted by molar-refractivity contribution is 5.71. The van der Waals surface area contributed by atoms with E-state index in [0.717, 1.165) is 0 Å². The minimum absolute atomic E-state index is 0.210. The average molecular weight is 221 g/mol. The molecule has 88 valence electrons. The van der Waals surface area contributed by atoms with E-state index >= 15 is 0 Å². The van der Waals surface area contributed by atoms with Gasteiger partial charge in [0.2, 0.25) is 5.91 Å². The third-order valence-electron chi connectivity index (χ3n) is 1.64. The fourth-order valence-corrected chi connectivity index (χ4v) is 0.867. The van der Waals surface area contributed by atoms with E-state index in [1.165, 1.54) is 6.92 Å². The first-order valence-corrected chi connectivity index (χ1v) is 4.35. The molecule has 0 radical (unpaired) electrons. The van der Waals surface area contributed by atoms with Crippen molar-refractivity contribution < 1.29 is 29.7 Å². The van der Waals surface area contributed by atoms with Gasteiger partial charge in [-0.3, -0.25) is 9.63 Å². The summed E-state index contributed by atoms with van der Waals surface area (Å²) < 4.78 is 0. The molecule has 7 nitrogen and oxygen atoms in total. The van der Waals surface area contributed by atoms with E-state index in [1.54, 1.807) is 0 Å². The van der Waals surface area contributed by atoms with Crippen LogP contribution in [0.2, 0.25) is 0 Å². The lowest BCUT2D eigenvalue weighted by Gasteiger charge is -2.23. The second kappa shape index (κ2) is 7.30. The average Bonchev–Trinajstić information content (AvgIpc) is 2.21. The van der Waals surface area contributed by atoms with Crippen LogP contribution in [0.5, 0.6) is 0 Å². The van der Waals surface area contributed by atoms with Crippen molar-refractivity contribution in [3.63, 3.8) is 0 Å². The number of hydroxylamine groups is 1. The zero-order chi connectivity index (χ0) is 11.8. The van der Waals surface area contributed by atoms with Crippen LogP contribution in [-0.4, -0.2) is 52.4 Å². The first-order valence-electron chi connectivity index (χ1n) is 4.35. The van der Waals surface area contributed by atoms with Gasteiger partial charge in [0.25, 0.3) is 0 Å². The maximum absolute atomic E-state index is 10.5. The summed E-state index contributed by atoms with van der Waals surface area (Å²) in [5.74, 6) is -0.503. The van der Waals surface area contributed by atoms with Crippen LogP contribution in [0.3, 0.4) is 0 Å². The quantitative estimate of drug-likeness (QED) is 0.284. The number of aliphatic hydroxyl groups excluding tert-OH is 3. The standard InChI is InChI=1S/C8H15NO6/c1-5(12)9-15-7(2-3-10)8(14)6(13)4-11/h3,6-8,11,13-14H,2,4H2,1H3,(H,9,12)/t6-,7-,8+/m1/s1. The Hall–Kier alpha value is -1.02. The van der Waals surface area contributed by atoms with Crippen LogP contribution in [0.15, 0.2) is 0 Å². The Kier molecular flexibility index (Phi) is 6.80. The molecule has 4 N–H and O–H groups in total. The van der Waals surface area contributed by atoms with Gasteiger partial charge in [-0.2, -0.15) is 0 Å². The van der Waals surface area contributed by atoms with Crippen molar-refractivity contribution in [2.24, 2.45) is 0 Å². The minimum Gasteiger partial charge on any atom is -0.394 e. The van der Waals surface area contributed by atoms with Crippen molar-refractivity contribution in [3.8, 4) is 0 Å². The molecule has 0 heterocycles. The molecule has 15 heavy (non-hydrogen) atoms. The number of hydrogen-bond donors (Lipinski definition) is 4. The van der Waals surface area contributed by atoms with Gasteiger partial charge in [-0.05, 0) is 0 Å². The summed E-state index contributed by atoms with van der Waals surface area (Å²) in [5.41, 5.74) is 1.94. The number of nitrogens with one attached hydrogen (secondary N) is 1. The largest absolute Gasteiger partial charge is 0.394 e. The second-order valence-corrected chi connectivity index (χ2v) is 2.96. The van der Waals surface area contributed by atoms with Crippen LogP contribution in [-0.2, 0) is 14.4 Å². The van der Waals surface area contributed by atoms with Gasteiger partial charge in [-0.1, -0.05) is 0 Å². The van der Waals surface area contributed by atoms with E-state index in [1.807, 2.05) is 5.48 Å². The molecule has 0 fully saturated rings. The predicted molar refractivity (Wildman–Crippen MR) is 48.5 cm³/mol. The molecule has 1 amide bonds. The summed E-state index contributed by atoms with van der Waals surface area (Å²) >= 11 is 0. The molecule has 0 unspecified atom stereocenters. The Labute approximate surface area is 86.6 Å². The van der Waals surface area contributed by atoms with Crippen molar-refractivity contribution in [2.75, 3.05) is 6.61 Å². The first-order chi connectivity index (χ1) is 7.02. The maximum Gasteiger partial charge on any atom is 0.240 e. The molecule has 0 aliphatic rings. The SMILES string of the molecule is CC(=O)NO[C@H](CC=O)[C@@H](O)[C@H](O)CO. The highest BCUT2D eigenvalue weighted by Gasteiger charge is 2.27. The molecule has 0 aromatic carbocycles. The van der Waals surface area contributed by atoms with Crippen molar-refractivity contribution in [1.29, 1.82) is 0 Å². The molecule has 0 spiro atoms. The Morgan fingerprint density at radius 1 is 1.53 bits per heavy atom. The molecule has 0 rings (SSSR count). The van der Waals surface area contributed by atoms with E-state index in [4.69, 9.17) is 10.2 Å². The second-order valence-electron chi connectivity index (χ2n) is 2.96. The van der Waals surface area contributed by atoms with Crippen LogP contribution < -0.4 is 5.48 Å². The van der Waals surface area contributed by atoms with Crippen molar-refractivity contribution in [2.45, 2.75) is 31.7 Å². The van der Waals surface area contributed by atoms with Crippen molar-refractivity contribution in [1.82, 2.24) is 5.48 Å². The monoisotopic (exact) mass is 221 g/mol. The van der Waals surface area contributed by atoms with Crippen LogP contribution in [0.25, 0.3) is 0 Å². The molecule has 0 saturated heterocycles. The Bertz CT molecular complexity index is 209. The fraction of sp³-hybridized carbons (Fsp3) is 0.750. The molecular formula is C8H15NO6. The highest BCUT2D eigenvalue weighted by Crippen LogP contribution is 2.06. The smallest absolute Gasteiger partial charge is 0.240 e. The van der Waals surface area contributed by atoms with Gasteiger partial charge < -0.3 is 20.1 Å². The van der Waals surface area contributed by atoms with Crippen LogP contribution in [0, 0.1) is 0 Å². The van der Waals surface area contributed by atoms with Gasteiger partial charge >= 0.3 is 0 Å². The fourth-order valence-electron chi connectivity index (χ4n) is 0.867. The van der Waals surface area contributed by atoms with Gasteiger partial charge in [0.15, 0.2) is 0 Å². The summed E-state index contributed by atoms with van der Waals surface area (Å²) in [6.45, 7) is 0.521. The van der Waals surface area contributed by atoms with Crippen LogP contribution >= 0.6 is 0 Å². The lowest BCUT2D eigenvalue weighted by molar-refractivity contribution is -0.156. The Balaban J connectivity index is 4.22. The summed E-state index contributed by atoms with van der Waals surface area (Å²) in [6, 6.07) is 0. The van der Waals surface area contributed by atoms with Gasteiger partial charge in [-0.25, -0.2) is 5.48 Å². The van der Waals surface area contributed by atoms with E-state index in [0.29, 0.717) is 6.29 Å². The number of aldehydes is 1. The lowest BCUT2D eigenvalue weighted by atomic mass is 10.1. The molecule has 3 atom stereocenters. The molecular weight excluding hydrogens is 206 g/mol. The van der Waals surface area contributed by atoms with Crippen molar-refractivity contribution >= 4 is 12.2 Å². The number of carbonyl (C=O) groups excluding carboxylic acids is 2. The van der Waals surface area contributed by atoms with Crippen LogP contribution in [0.4, 0.5) is 0 Å². The number of amides is 1. The van der Waals surface area contributed by atoms with E-state index in [-0.39, 0.29) is 6.42 Å². The summed E-state index contributed by atoms with van der Waals surface area (Å²) in [7, 11) is 0. The van der Waals surface area contributed by atoms with Crippen molar-refractivity contribution in [3.05, 3.63) is 0 Å². The number of rotatable bonds is 7. The van der Waals surface area contributed by atoms with Gasteiger partial charge in [-0.15, -0.1) is 0 Å². The predicted octanol–water partition coefficient (Wildman–Crippen LogP) is -2.27. The molecule has 7 heteroatoms. The first kappa shape index (κ1) is 14.0. The molecule has 0 aliphatic heterocycles. The van der Waals surface area contributed by atoms with Gasteiger partial charge in [0.05, 0.1) is 6.61 Å². The summed E-state index contributed by atoms with van der Waals surface area (Å²) in [4.78, 5) is 25.4. The molecule has 0 aromatic rings. The highest BCUT2D eigenvalue weighted by atomic mass is 16.7. The van der Waals surface area contributed by atoms with Gasteiger partial charge in [0, 0.05) is 13.3 Å². The van der Waals surface area contributed by atoms with E-state index in [2.05, 4.69) is 4.84 Å². The van der Waals surface area contributed by atoms with E-state index < -0.39 is 30.8 Å². The third kappa shape index (κ3) is 5.43. The summed E-state index contributed by atoms with van der Waals surface area (Å²) in [5, 5.41) is 27.0. The molecule has 0 aromatic heterocycles. The molecule has 0 aliphatic carbocycles. The number of carbonyl (C=O) groups is 2. The number of aliphatic hydroxyl groups is 3. The Morgan fingerprint density at radius 2 is 2.13 bits per heavy atom. The van der Waals surface area contributed by atoms with E-state index in [9.17, 15) is 14.7 Å². The molecule has 0 saturated carbocycles. The Morgan fingerprint density at radius 3 is 2.53 bits per heavy atom. The topological polar surface area (TPSA) is 116 Å². The zero-order valence-electron chi connectivity index (χ0n) is 8.29. The lowest BCUT2D eigenvalue weighted by Crippen LogP contribution is -2.44. The molecule has 0 bridgehead atoms.